The molecule has 0 fully saturated rings. The fraction of sp³-hybridized carbons (Fsp3) is 0.500. The largest absolute Gasteiger partial charge is 0.491 e. The summed E-state index contributed by atoms with van der Waals surface area (Å²) in [5.74, 6) is 2.69. The summed E-state index contributed by atoms with van der Waals surface area (Å²) in [7, 11) is 0. The lowest BCUT2D eigenvalue weighted by molar-refractivity contribution is 0.344. The molecule has 0 aliphatic rings. The van der Waals surface area contributed by atoms with Gasteiger partial charge in [0.15, 0.2) is 0 Å². The summed E-state index contributed by atoms with van der Waals surface area (Å²) in [6.45, 7) is 2.66. The quantitative estimate of drug-likeness (QED) is 0.776. The molecule has 0 amide bonds. The predicted molar refractivity (Wildman–Crippen MR) is 77.5 cm³/mol. The van der Waals surface area contributed by atoms with Crippen LogP contribution >= 0.6 is 35.0 Å². The molecule has 1 rings (SSSR count). The van der Waals surface area contributed by atoms with Gasteiger partial charge in [0.2, 0.25) is 0 Å². The molecule has 0 aliphatic heterocycles. The zero-order valence-corrected chi connectivity index (χ0v) is 12.1. The van der Waals surface area contributed by atoms with Gasteiger partial charge in [-0.05, 0) is 37.3 Å². The van der Waals surface area contributed by atoms with E-state index in [1.165, 1.54) is 0 Å². The number of benzene rings is 1. The Hall–Kier alpha value is -0.0900. The molecule has 96 valence electrons. The maximum atomic E-state index is 5.98. The van der Waals surface area contributed by atoms with E-state index < -0.39 is 0 Å². The van der Waals surface area contributed by atoms with Gasteiger partial charge in [-0.3, -0.25) is 0 Å². The maximum Gasteiger partial charge on any atom is 0.138 e. The maximum absolute atomic E-state index is 5.98. The lowest BCUT2D eigenvalue weighted by Gasteiger charge is -2.08. The molecule has 17 heavy (non-hydrogen) atoms. The second-order valence-electron chi connectivity index (χ2n) is 3.80. The minimum Gasteiger partial charge on any atom is -0.491 e. The Bertz CT molecular complexity index is 347. The van der Waals surface area contributed by atoms with Gasteiger partial charge in [0.25, 0.3) is 0 Å². The van der Waals surface area contributed by atoms with Gasteiger partial charge in [0.05, 0.1) is 11.6 Å². The van der Waals surface area contributed by atoms with E-state index in [0.29, 0.717) is 22.4 Å². The fourth-order valence-corrected chi connectivity index (χ4v) is 2.58. The average Bonchev–Trinajstić information content (AvgIpc) is 2.25. The molecule has 0 bridgehead atoms. The van der Waals surface area contributed by atoms with Crippen molar-refractivity contribution in [2.45, 2.75) is 19.4 Å². The molecule has 1 unspecified atom stereocenters. The van der Waals surface area contributed by atoms with E-state index in [9.17, 15) is 0 Å². The monoisotopic (exact) mass is 293 g/mol. The lowest BCUT2D eigenvalue weighted by atomic mass is 10.3. The second-order valence-corrected chi connectivity index (χ2v) is 5.87. The van der Waals surface area contributed by atoms with Crippen LogP contribution in [0, 0.1) is 0 Å². The SMILES string of the molecule is CC(N)CCSCCOc1ccc(Cl)cc1Cl. The molecule has 0 heterocycles. The molecule has 1 aromatic carbocycles. The van der Waals surface area contributed by atoms with Crippen LogP contribution < -0.4 is 10.5 Å². The summed E-state index contributed by atoms with van der Waals surface area (Å²) in [6, 6.07) is 5.51. The van der Waals surface area contributed by atoms with Crippen LogP contribution in [0.5, 0.6) is 5.75 Å². The third kappa shape index (κ3) is 6.41. The molecule has 1 aromatic rings. The molecular formula is C12H17Cl2NOS. The number of ether oxygens (including phenoxy) is 1. The summed E-state index contributed by atoms with van der Waals surface area (Å²) < 4.78 is 5.56. The van der Waals surface area contributed by atoms with Gasteiger partial charge in [-0.15, -0.1) is 0 Å². The summed E-state index contributed by atoms with van der Waals surface area (Å²) in [4.78, 5) is 0. The van der Waals surface area contributed by atoms with Crippen molar-refractivity contribution in [3.63, 3.8) is 0 Å². The molecule has 1 atom stereocenters. The Balaban J connectivity index is 2.18. The first-order chi connectivity index (χ1) is 8.09. The molecule has 0 saturated carbocycles. The third-order valence-electron chi connectivity index (χ3n) is 2.10. The standard InChI is InChI=1S/C12H17Cl2NOS/c1-9(15)4-6-17-7-5-16-12-3-2-10(13)8-11(12)14/h2-3,8-9H,4-7,15H2,1H3. The van der Waals surface area contributed by atoms with Crippen LogP contribution in [-0.4, -0.2) is 24.2 Å². The van der Waals surface area contributed by atoms with Crippen LogP contribution in [0.3, 0.4) is 0 Å². The van der Waals surface area contributed by atoms with E-state index in [4.69, 9.17) is 33.7 Å². The Morgan fingerprint density at radius 1 is 1.35 bits per heavy atom. The molecule has 2 N–H and O–H groups in total. The first-order valence-electron chi connectivity index (χ1n) is 5.51. The van der Waals surface area contributed by atoms with E-state index in [0.717, 1.165) is 17.9 Å². The molecule has 0 radical (unpaired) electrons. The number of rotatable bonds is 7. The highest BCUT2D eigenvalue weighted by Gasteiger charge is 2.02. The van der Waals surface area contributed by atoms with Crippen molar-refractivity contribution in [2.24, 2.45) is 5.73 Å². The van der Waals surface area contributed by atoms with Gasteiger partial charge >= 0.3 is 0 Å². The fourth-order valence-electron chi connectivity index (χ4n) is 1.17. The van der Waals surface area contributed by atoms with Crippen LogP contribution in [0.2, 0.25) is 10.0 Å². The van der Waals surface area contributed by atoms with Crippen molar-refractivity contribution in [1.82, 2.24) is 0 Å². The summed E-state index contributed by atoms with van der Waals surface area (Å²) in [5, 5.41) is 1.17. The minimum atomic E-state index is 0.272. The van der Waals surface area contributed by atoms with Crippen LogP contribution in [0.25, 0.3) is 0 Å². The van der Waals surface area contributed by atoms with E-state index in [2.05, 4.69) is 0 Å². The van der Waals surface area contributed by atoms with Crippen LogP contribution in [0.15, 0.2) is 18.2 Å². The molecule has 0 aromatic heterocycles. The smallest absolute Gasteiger partial charge is 0.138 e. The van der Waals surface area contributed by atoms with Crippen LogP contribution in [0.1, 0.15) is 13.3 Å². The summed E-state index contributed by atoms with van der Waals surface area (Å²) >= 11 is 13.6. The number of hydrogen-bond acceptors (Lipinski definition) is 3. The molecule has 0 saturated heterocycles. The summed E-state index contributed by atoms with van der Waals surface area (Å²) in [5.41, 5.74) is 5.66. The lowest BCUT2D eigenvalue weighted by Crippen LogP contribution is -2.15. The van der Waals surface area contributed by atoms with Crippen molar-refractivity contribution in [2.75, 3.05) is 18.1 Å². The van der Waals surface area contributed by atoms with Crippen molar-refractivity contribution in [1.29, 1.82) is 0 Å². The van der Waals surface area contributed by atoms with Gasteiger partial charge < -0.3 is 10.5 Å². The predicted octanol–water partition coefficient (Wildman–Crippen LogP) is 3.84. The molecular weight excluding hydrogens is 277 g/mol. The minimum absolute atomic E-state index is 0.272. The molecule has 0 aliphatic carbocycles. The molecule has 5 heteroatoms. The Morgan fingerprint density at radius 3 is 2.76 bits per heavy atom. The zero-order valence-electron chi connectivity index (χ0n) is 9.79. The van der Waals surface area contributed by atoms with E-state index in [-0.39, 0.29) is 6.04 Å². The van der Waals surface area contributed by atoms with E-state index in [1.54, 1.807) is 18.2 Å². The van der Waals surface area contributed by atoms with E-state index >= 15 is 0 Å². The van der Waals surface area contributed by atoms with Gasteiger partial charge in [-0.2, -0.15) is 11.8 Å². The molecule has 0 spiro atoms. The Morgan fingerprint density at radius 2 is 2.12 bits per heavy atom. The van der Waals surface area contributed by atoms with Gasteiger partial charge in [0, 0.05) is 16.8 Å². The van der Waals surface area contributed by atoms with Gasteiger partial charge in [-0.25, -0.2) is 0 Å². The normalized spacial score (nSPS) is 12.5. The topological polar surface area (TPSA) is 35.2 Å². The highest BCUT2D eigenvalue weighted by atomic mass is 35.5. The van der Waals surface area contributed by atoms with Crippen LogP contribution in [0.4, 0.5) is 0 Å². The first-order valence-corrected chi connectivity index (χ1v) is 7.42. The highest BCUT2D eigenvalue weighted by Crippen LogP contribution is 2.27. The number of nitrogens with two attached hydrogens (primary N) is 1. The Kier molecular flexibility index (Phi) is 7.12. The number of halogens is 2. The van der Waals surface area contributed by atoms with Crippen molar-refractivity contribution < 1.29 is 4.74 Å². The number of hydrogen-bond donors (Lipinski definition) is 1. The van der Waals surface area contributed by atoms with Gasteiger partial charge in [-0.1, -0.05) is 23.2 Å². The van der Waals surface area contributed by atoms with Crippen molar-refractivity contribution >= 4 is 35.0 Å². The summed E-state index contributed by atoms with van der Waals surface area (Å²) in [6.07, 6.45) is 1.03. The van der Waals surface area contributed by atoms with Crippen LogP contribution in [-0.2, 0) is 0 Å². The third-order valence-corrected chi connectivity index (χ3v) is 3.61. The first kappa shape index (κ1) is 15.0. The number of thioether (sulfide) groups is 1. The average molecular weight is 294 g/mol. The molecule has 2 nitrogen and oxygen atoms in total. The highest BCUT2D eigenvalue weighted by molar-refractivity contribution is 7.99. The van der Waals surface area contributed by atoms with Crippen molar-refractivity contribution in [3.8, 4) is 5.75 Å². The van der Waals surface area contributed by atoms with E-state index in [1.807, 2.05) is 18.7 Å². The Labute approximate surface area is 117 Å². The van der Waals surface area contributed by atoms with Crippen molar-refractivity contribution in [3.05, 3.63) is 28.2 Å². The second kappa shape index (κ2) is 8.09. The zero-order chi connectivity index (χ0) is 12.7. The van der Waals surface area contributed by atoms with Gasteiger partial charge in [0.1, 0.15) is 5.75 Å².